The Morgan fingerprint density at radius 3 is 3.00 bits per heavy atom. The van der Waals surface area contributed by atoms with Gasteiger partial charge in [-0.1, -0.05) is 18.5 Å². The van der Waals surface area contributed by atoms with Crippen molar-refractivity contribution in [3.63, 3.8) is 0 Å². The smallest absolute Gasteiger partial charge is 0.218 e. The lowest BCUT2D eigenvalue weighted by atomic mass is 10.3. The monoisotopic (exact) mass is 297 g/mol. The summed E-state index contributed by atoms with van der Waals surface area (Å²) in [5, 5.41) is 3.25. The molecule has 4 nitrogen and oxygen atoms in total. The lowest BCUT2D eigenvalue weighted by Crippen LogP contribution is -2.06. The van der Waals surface area contributed by atoms with Gasteiger partial charge in [-0.05, 0) is 25.0 Å². The van der Waals surface area contributed by atoms with Gasteiger partial charge < -0.3 is 10.1 Å². The van der Waals surface area contributed by atoms with Crippen molar-refractivity contribution < 1.29 is 4.74 Å². The fraction of sp³-hybridized carbons (Fsp3) is 0.385. The number of nitrogens with zero attached hydrogens (tertiary/aromatic N) is 2. The molecule has 0 spiro atoms. The topological polar surface area (TPSA) is 47.0 Å². The van der Waals surface area contributed by atoms with E-state index in [1.54, 1.807) is 11.3 Å². The molecule has 0 fully saturated rings. The number of thiophene rings is 1. The second-order valence-corrected chi connectivity index (χ2v) is 5.77. The van der Waals surface area contributed by atoms with E-state index in [0.717, 1.165) is 29.5 Å². The minimum Gasteiger partial charge on any atom is -0.478 e. The molecule has 6 heteroatoms. The Morgan fingerprint density at radius 1 is 1.37 bits per heavy atom. The van der Waals surface area contributed by atoms with Crippen molar-refractivity contribution in [2.45, 2.75) is 19.8 Å². The third-order valence-corrected chi connectivity index (χ3v) is 3.69. The van der Waals surface area contributed by atoms with Crippen molar-refractivity contribution in [2.75, 3.05) is 18.5 Å². The van der Waals surface area contributed by atoms with Gasteiger partial charge in [-0.25, -0.2) is 9.97 Å². The molecule has 0 aromatic carbocycles. The van der Waals surface area contributed by atoms with Crippen LogP contribution in [0.3, 0.4) is 0 Å². The highest BCUT2D eigenvalue weighted by atomic mass is 35.5. The van der Waals surface area contributed by atoms with E-state index >= 15 is 0 Å². The first-order valence-corrected chi connectivity index (χ1v) is 7.40. The predicted octanol–water partition coefficient (Wildman–Crippen LogP) is 3.63. The Bertz CT molecular complexity index is 518. The molecule has 2 rings (SSSR count). The Hall–Kier alpha value is -1.33. The van der Waals surface area contributed by atoms with Crippen LogP contribution in [0.15, 0.2) is 24.5 Å². The van der Waals surface area contributed by atoms with E-state index in [1.165, 1.54) is 11.2 Å². The first kappa shape index (κ1) is 14.1. The molecule has 19 heavy (non-hydrogen) atoms. The minimum atomic E-state index is 0.610. The van der Waals surface area contributed by atoms with Gasteiger partial charge >= 0.3 is 0 Å². The Kier molecular flexibility index (Phi) is 5.42. The van der Waals surface area contributed by atoms with Crippen molar-refractivity contribution in [2.24, 2.45) is 0 Å². The third kappa shape index (κ3) is 4.69. The van der Waals surface area contributed by atoms with Gasteiger partial charge in [0.05, 0.1) is 10.9 Å². The zero-order valence-corrected chi connectivity index (χ0v) is 12.3. The average Bonchev–Trinajstić information content (AvgIpc) is 2.83. The van der Waals surface area contributed by atoms with Gasteiger partial charge in [0.2, 0.25) is 5.88 Å². The zero-order valence-electron chi connectivity index (χ0n) is 10.7. The molecule has 0 aliphatic heterocycles. The highest BCUT2D eigenvalue weighted by Gasteiger charge is 2.01. The predicted molar refractivity (Wildman–Crippen MR) is 79.3 cm³/mol. The maximum Gasteiger partial charge on any atom is 0.218 e. The zero-order chi connectivity index (χ0) is 13.5. The molecule has 0 bridgehead atoms. The Labute approximate surface area is 121 Å². The molecule has 0 amide bonds. The van der Waals surface area contributed by atoms with Gasteiger partial charge in [0, 0.05) is 17.5 Å². The standard InChI is InChI=1S/C13H16ClN3OS/c1-2-7-18-13-8-12(16-9-17-13)15-6-5-10-3-4-11(14)19-10/h3-4,8-9H,2,5-7H2,1H3,(H,15,16,17). The van der Waals surface area contributed by atoms with Crippen molar-refractivity contribution in [1.29, 1.82) is 0 Å². The van der Waals surface area contributed by atoms with Gasteiger partial charge in [-0.2, -0.15) is 0 Å². The number of rotatable bonds is 7. The summed E-state index contributed by atoms with van der Waals surface area (Å²) in [7, 11) is 0. The molecule has 0 saturated heterocycles. The summed E-state index contributed by atoms with van der Waals surface area (Å²) in [6.45, 7) is 3.54. The van der Waals surface area contributed by atoms with Crippen molar-refractivity contribution >= 4 is 28.8 Å². The summed E-state index contributed by atoms with van der Waals surface area (Å²) in [6, 6.07) is 5.78. The van der Waals surface area contributed by atoms with E-state index in [2.05, 4.69) is 22.2 Å². The number of aromatic nitrogens is 2. The van der Waals surface area contributed by atoms with Gasteiger partial charge in [0.15, 0.2) is 0 Å². The molecule has 0 radical (unpaired) electrons. The molecule has 0 aliphatic rings. The first-order chi connectivity index (χ1) is 9.28. The molecule has 0 unspecified atom stereocenters. The number of anilines is 1. The summed E-state index contributed by atoms with van der Waals surface area (Å²) < 4.78 is 6.28. The van der Waals surface area contributed by atoms with Crippen LogP contribution in [-0.4, -0.2) is 23.1 Å². The first-order valence-electron chi connectivity index (χ1n) is 6.21. The lowest BCUT2D eigenvalue weighted by Gasteiger charge is -2.07. The van der Waals surface area contributed by atoms with Gasteiger partial charge in [-0.15, -0.1) is 11.3 Å². The fourth-order valence-corrected chi connectivity index (χ4v) is 2.61. The van der Waals surface area contributed by atoms with E-state index in [4.69, 9.17) is 16.3 Å². The fourth-order valence-electron chi connectivity index (χ4n) is 1.52. The van der Waals surface area contributed by atoms with Crippen LogP contribution in [-0.2, 0) is 6.42 Å². The van der Waals surface area contributed by atoms with Crippen LogP contribution in [0.5, 0.6) is 5.88 Å². The van der Waals surface area contributed by atoms with Crippen LogP contribution in [0.1, 0.15) is 18.2 Å². The Balaban J connectivity index is 1.82. The summed E-state index contributed by atoms with van der Waals surface area (Å²) in [5.41, 5.74) is 0. The summed E-state index contributed by atoms with van der Waals surface area (Å²) in [4.78, 5) is 9.48. The lowest BCUT2D eigenvalue weighted by molar-refractivity contribution is 0.305. The largest absolute Gasteiger partial charge is 0.478 e. The van der Waals surface area contributed by atoms with Crippen molar-refractivity contribution in [3.05, 3.63) is 33.7 Å². The van der Waals surface area contributed by atoms with Gasteiger partial charge in [0.1, 0.15) is 12.1 Å². The molecule has 2 heterocycles. The summed E-state index contributed by atoms with van der Waals surface area (Å²) in [6.07, 6.45) is 3.40. The minimum absolute atomic E-state index is 0.610. The average molecular weight is 298 g/mol. The SMILES string of the molecule is CCCOc1cc(NCCc2ccc(Cl)s2)ncn1. The molecule has 0 atom stereocenters. The van der Waals surface area contributed by atoms with Crippen LogP contribution < -0.4 is 10.1 Å². The van der Waals surface area contributed by atoms with Crippen LogP contribution in [0, 0.1) is 0 Å². The van der Waals surface area contributed by atoms with Crippen LogP contribution >= 0.6 is 22.9 Å². The maximum atomic E-state index is 5.89. The van der Waals surface area contributed by atoms with E-state index in [-0.39, 0.29) is 0 Å². The number of halogens is 1. The molecule has 2 aromatic rings. The molecule has 0 aliphatic carbocycles. The quantitative estimate of drug-likeness (QED) is 0.847. The highest BCUT2D eigenvalue weighted by Crippen LogP contribution is 2.21. The second kappa shape index (κ2) is 7.31. The van der Waals surface area contributed by atoms with Crippen LogP contribution in [0.25, 0.3) is 0 Å². The molecular weight excluding hydrogens is 282 g/mol. The second-order valence-electron chi connectivity index (χ2n) is 3.97. The van der Waals surface area contributed by atoms with Crippen LogP contribution in [0.4, 0.5) is 5.82 Å². The maximum absolute atomic E-state index is 5.89. The van der Waals surface area contributed by atoms with Gasteiger partial charge in [0.25, 0.3) is 0 Å². The van der Waals surface area contributed by atoms with E-state index < -0.39 is 0 Å². The summed E-state index contributed by atoms with van der Waals surface area (Å²) in [5.74, 6) is 1.39. The molecular formula is C13H16ClN3OS. The Morgan fingerprint density at radius 2 is 2.26 bits per heavy atom. The number of nitrogens with one attached hydrogen (secondary N) is 1. The van der Waals surface area contributed by atoms with Crippen LogP contribution in [0.2, 0.25) is 4.34 Å². The van der Waals surface area contributed by atoms with Gasteiger partial charge in [-0.3, -0.25) is 0 Å². The van der Waals surface area contributed by atoms with Crippen molar-refractivity contribution in [1.82, 2.24) is 9.97 Å². The summed E-state index contributed by atoms with van der Waals surface area (Å²) >= 11 is 7.49. The normalized spacial score (nSPS) is 10.4. The molecule has 2 aromatic heterocycles. The van der Waals surface area contributed by atoms with E-state index in [9.17, 15) is 0 Å². The third-order valence-electron chi connectivity index (χ3n) is 2.40. The number of hydrogen-bond donors (Lipinski definition) is 1. The molecule has 1 N–H and O–H groups in total. The van der Waals surface area contributed by atoms with E-state index in [1.807, 2.05) is 18.2 Å². The molecule has 0 saturated carbocycles. The van der Waals surface area contributed by atoms with Crippen molar-refractivity contribution in [3.8, 4) is 5.88 Å². The number of ether oxygens (including phenoxy) is 1. The number of hydrogen-bond acceptors (Lipinski definition) is 5. The molecule has 102 valence electrons. The highest BCUT2D eigenvalue weighted by molar-refractivity contribution is 7.16. The van der Waals surface area contributed by atoms with E-state index in [0.29, 0.717) is 12.5 Å².